The van der Waals surface area contributed by atoms with E-state index in [1.165, 1.54) is 7.05 Å². The van der Waals surface area contributed by atoms with Crippen molar-refractivity contribution < 1.29 is 8.42 Å². The molecule has 0 saturated heterocycles. The van der Waals surface area contributed by atoms with Gasteiger partial charge < -0.3 is 10.6 Å². The predicted octanol–water partition coefficient (Wildman–Crippen LogP) is 0.474. The van der Waals surface area contributed by atoms with Crippen molar-refractivity contribution in [2.45, 2.75) is 6.92 Å². The highest BCUT2D eigenvalue weighted by atomic mass is 32.2. The number of sulfonamides is 1. The lowest BCUT2D eigenvalue weighted by atomic mass is 10.4. The number of pyridine rings is 1. The van der Waals surface area contributed by atoms with Crippen LogP contribution in [0.1, 0.15) is 6.92 Å². The molecule has 0 saturated carbocycles. The quantitative estimate of drug-likeness (QED) is 0.662. The molecule has 96 valence electrons. The molecule has 17 heavy (non-hydrogen) atoms. The number of hydrogen-bond donors (Lipinski definition) is 3. The lowest BCUT2D eigenvalue weighted by Gasteiger charge is -2.08. The molecule has 0 amide bonds. The van der Waals surface area contributed by atoms with Crippen molar-refractivity contribution in [3.05, 3.63) is 18.3 Å². The van der Waals surface area contributed by atoms with Crippen LogP contribution >= 0.6 is 0 Å². The van der Waals surface area contributed by atoms with Gasteiger partial charge in [-0.05, 0) is 20.0 Å². The second-order valence-corrected chi connectivity index (χ2v) is 5.46. The zero-order valence-electron chi connectivity index (χ0n) is 10.0. The Morgan fingerprint density at radius 2 is 2.12 bits per heavy atom. The Bertz CT molecular complexity index is 447. The minimum Gasteiger partial charge on any atom is -0.384 e. The first-order valence-corrected chi connectivity index (χ1v) is 7.07. The van der Waals surface area contributed by atoms with E-state index in [4.69, 9.17) is 0 Å². The Labute approximate surface area is 102 Å². The van der Waals surface area contributed by atoms with E-state index < -0.39 is 10.0 Å². The van der Waals surface area contributed by atoms with Crippen molar-refractivity contribution in [2.24, 2.45) is 0 Å². The molecule has 3 N–H and O–H groups in total. The maximum atomic E-state index is 11.2. The van der Waals surface area contributed by atoms with E-state index >= 15 is 0 Å². The summed E-state index contributed by atoms with van der Waals surface area (Å²) in [5.41, 5.74) is 0.849. The summed E-state index contributed by atoms with van der Waals surface area (Å²) in [6, 6.07) is 3.64. The van der Waals surface area contributed by atoms with Crippen LogP contribution in [0.2, 0.25) is 0 Å². The molecule has 0 radical (unpaired) electrons. The third-order valence-electron chi connectivity index (χ3n) is 2.13. The molecule has 0 aromatic carbocycles. The second-order valence-electron chi connectivity index (χ2n) is 3.41. The maximum Gasteiger partial charge on any atom is 0.213 e. The van der Waals surface area contributed by atoms with Gasteiger partial charge in [0.05, 0.1) is 5.75 Å². The van der Waals surface area contributed by atoms with Crippen molar-refractivity contribution in [1.82, 2.24) is 9.71 Å². The Hall–Kier alpha value is -1.34. The van der Waals surface area contributed by atoms with Crippen molar-refractivity contribution in [3.8, 4) is 0 Å². The molecule has 0 aliphatic rings. The van der Waals surface area contributed by atoms with Crippen molar-refractivity contribution in [1.29, 1.82) is 0 Å². The summed E-state index contributed by atoms with van der Waals surface area (Å²) in [5.74, 6) is 0.816. The number of aromatic nitrogens is 1. The van der Waals surface area contributed by atoms with E-state index in [0.29, 0.717) is 6.54 Å². The Morgan fingerprint density at radius 1 is 1.35 bits per heavy atom. The SMILES string of the molecule is CCNc1cc(NCCS(=O)(=O)NC)ccn1. The highest BCUT2D eigenvalue weighted by molar-refractivity contribution is 7.89. The molecular formula is C10H18N4O2S. The third-order valence-corrected chi connectivity index (χ3v) is 3.49. The molecular weight excluding hydrogens is 240 g/mol. The zero-order chi connectivity index (χ0) is 12.7. The fourth-order valence-corrected chi connectivity index (χ4v) is 1.83. The summed E-state index contributed by atoms with van der Waals surface area (Å²) in [6.45, 7) is 3.14. The normalized spacial score (nSPS) is 11.2. The Balaban J connectivity index is 2.49. The van der Waals surface area contributed by atoms with E-state index in [1.807, 2.05) is 13.0 Å². The first kappa shape index (κ1) is 13.7. The Morgan fingerprint density at radius 3 is 2.76 bits per heavy atom. The summed E-state index contributed by atoms with van der Waals surface area (Å²) in [6.07, 6.45) is 1.67. The van der Waals surface area contributed by atoms with Gasteiger partial charge in [0.15, 0.2) is 0 Å². The summed E-state index contributed by atoms with van der Waals surface area (Å²) >= 11 is 0. The van der Waals surface area contributed by atoms with E-state index in [0.717, 1.165) is 18.1 Å². The van der Waals surface area contributed by atoms with Gasteiger partial charge in [0, 0.05) is 31.0 Å². The Kier molecular flexibility index (Phi) is 5.17. The van der Waals surface area contributed by atoms with E-state index in [9.17, 15) is 8.42 Å². The van der Waals surface area contributed by atoms with Gasteiger partial charge in [-0.3, -0.25) is 0 Å². The lowest BCUT2D eigenvalue weighted by Crippen LogP contribution is -2.26. The van der Waals surface area contributed by atoms with E-state index in [2.05, 4.69) is 20.3 Å². The lowest BCUT2D eigenvalue weighted by molar-refractivity contribution is 0.588. The number of hydrogen-bond acceptors (Lipinski definition) is 5. The van der Waals surface area contributed by atoms with Crippen LogP contribution in [0.4, 0.5) is 11.5 Å². The molecule has 0 fully saturated rings. The highest BCUT2D eigenvalue weighted by Crippen LogP contribution is 2.11. The van der Waals surface area contributed by atoms with Crippen LogP contribution < -0.4 is 15.4 Å². The molecule has 0 atom stereocenters. The number of rotatable bonds is 7. The van der Waals surface area contributed by atoms with Gasteiger partial charge in [0.1, 0.15) is 5.82 Å². The first-order chi connectivity index (χ1) is 8.07. The van der Waals surface area contributed by atoms with Gasteiger partial charge in [0.2, 0.25) is 10.0 Å². The van der Waals surface area contributed by atoms with Gasteiger partial charge in [-0.1, -0.05) is 0 Å². The van der Waals surface area contributed by atoms with Crippen LogP contribution in [0, 0.1) is 0 Å². The molecule has 1 rings (SSSR count). The molecule has 0 spiro atoms. The average Bonchev–Trinajstić information content (AvgIpc) is 2.30. The summed E-state index contributed by atoms with van der Waals surface area (Å²) in [5, 5.41) is 6.12. The minimum atomic E-state index is -3.15. The molecule has 0 unspecified atom stereocenters. The molecule has 1 aromatic heterocycles. The van der Waals surface area contributed by atoms with Crippen LogP contribution in [0.5, 0.6) is 0 Å². The van der Waals surface area contributed by atoms with Crippen LogP contribution in [0.15, 0.2) is 18.3 Å². The average molecular weight is 258 g/mol. The fraction of sp³-hybridized carbons (Fsp3) is 0.500. The third kappa shape index (κ3) is 5.01. The number of nitrogens with one attached hydrogen (secondary N) is 3. The first-order valence-electron chi connectivity index (χ1n) is 5.42. The molecule has 7 heteroatoms. The topological polar surface area (TPSA) is 83.1 Å². The van der Waals surface area contributed by atoms with E-state index in [-0.39, 0.29) is 5.75 Å². The van der Waals surface area contributed by atoms with Gasteiger partial charge in [-0.25, -0.2) is 18.1 Å². The summed E-state index contributed by atoms with van der Waals surface area (Å²) in [7, 11) is -1.75. The van der Waals surface area contributed by atoms with Gasteiger partial charge in [-0.2, -0.15) is 0 Å². The fourth-order valence-electron chi connectivity index (χ4n) is 1.25. The van der Waals surface area contributed by atoms with Crippen LogP contribution in [-0.2, 0) is 10.0 Å². The minimum absolute atomic E-state index is 0.0440. The monoisotopic (exact) mass is 258 g/mol. The zero-order valence-corrected chi connectivity index (χ0v) is 10.8. The van der Waals surface area contributed by atoms with Gasteiger partial charge in [-0.15, -0.1) is 0 Å². The molecule has 1 aromatic rings. The van der Waals surface area contributed by atoms with Gasteiger partial charge >= 0.3 is 0 Å². The molecule has 0 bridgehead atoms. The van der Waals surface area contributed by atoms with Crippen molar-refractivity contribution in [2.75, 3.05) is 36.5 Å². The van der Waals surface area contributed by atoms with Crippen molar-refractivity contribution >= 4 is 21.5 Å². The second kappa shape index (κ2) is 6.41. The largest absolute Gasteiger partial charge is 0.384 e. The van der Waals surface area contributed by atoms with Gasteiger partial charge in [0.25, 0.3) is 0 Å². The smallest absolute Gasteiger partial charge is 0.213 e. The molecule has 1 heterocycles. The van der Waals surface area contributed by atoms with E-state index in [1.54, 1.807) is 12.3 Å². The predicted molar refractivity (Wildman–Crippen MR) is 69.7 cm³/mol. The number of nitrogens with zero attached hydrogens (tertiary/aromatic N) is 1. The van der Waals surface area contributed by atoms with Crippen LogP contribution in [0.3, 0.4) is 0 Å². The van der Waals surface area contributed by atoms with Crippen LogP contribution in [0.25, 0.3) is 0 Å². The number of anilines is 2. The summed E-state index contributed by atoms with van der Waals surface area (Å²) < 4.78 is 24.6. The summed E-state index contributed by atoms with van der Waals surface area (Å²) in [4.78, 5) is 4.12. The molecule has 6 nitrogen and oxygen atoms in total. The maximum absolute atomic E-state index is 11.2. The van der Waals surface area contributed by atoms with Crippen LogP contribution in [-0.4, -0.2) is 39.3 Å². The molecule has 0 aliphatic heterocycles. The highest BCUT2D eigenvalue weighted by Gasteiger charge is 2.05. The molecule has 0 aliphatic carbocycles. The van der Waals surface area contributed by atoms with Crippen molar-refractivity contribution in [3.63, 3.8) is 0 Å². The standard InChI is InChI=1S/C10H18N4O2S/c1-3-12-10-8-9(4-5-14-10)13-6-7-17(15,16)11-2/h4-5,8,11H,3,6-7H2,1-2H3,(H2,12,13,14).